The molecule has 1 aliphatic heterocycles. The van der Waals surface area contributed by atoms with E-state index in [-0.39, 0.29) is 0 Å². The highest BCUT2D eigenvalue weighted by molar-refractivity contribution is 5.60. The molecule has 2 N–H and O–H groups in total. The SMILES string of the molecule is CCCCC(CCCCCCN)C1COC(=O)OC1. The molecule has 0 aliphatic carbocycles. The first-order chi connectivity index (χ1) is 9.27. The Bertz CT molecular complexity index is 236. The molecule has 1 rings (SSSR count). The minimum Gasteiger partial charge on any atom is -0.434 e. The zero-order valence-electron chi connectivity index (χ0n) is 12.2. The average Bonchev–Trinajstić information content (AvgIpc) is 2.43. The number of cyclic esters (lactones) is 2. The molecule has 19 heavy (non-hydrogen) atoms. The summed E-state index contributed by atoms with van der Waals surface area (Å²) >= 11 is 0. The largest absolute Gasteiger partial charge is 0.508 e. The maximum absolute atomic E-state index is 10.9. The monoisotopic (exact) mass is 271 g/mol. The van der Waals surface area contributed by atoms with Gasteiger partial charge in [0.1, 0.15) is 13.2 Å². The lowest BCUT2D eigenvalue weighted by Gasteiger charge is -2.29. The summed E-state index contributed by atoms with van der Waals surface area (Å²) in [7, 11) is 0. The normalized spacial score (nSPS) is 17.9. The van der Waals surface area contributed by atoms with Crippen molar-refractivity contribution in [1.29, 1.82) is 0 Å². The Hall–Kier alpha value is -0.770. The highest BCUT2D eigenvalue weighted by Crippen LogP contribution is 2.27. The van der Waals surface area contributed by atoms with Crippen molar-refractivity contribution in [3.8, 4) is 0 Å². The molecule has 0 bridgehead atoms. The van der Waals surface area contributed by atoms with Gasteiger partial charge in [-0.05, 0) is 31.7 Å². The summed E-state index contributed by atoms with van der Waals surface area (Å²) in [6.45, 7) is 4.09. The lowest BCUT2D eigenvalue weighted by molar-refractivity contribution is -0.0311. The van der Waals surface area contributed by atoms with Crippen LogP contribution in [0, 0.1) is 11.8 Å². The third-order valence-corrected chi connectivity index (χ3v) is 3.95. The molecule has 0 radical (unpaired) electrons. The van der Waals surface area contributed by atoms with E-state index in [2.05, 4.69) is 6.92 Å². The van der Waals surface area contributed by atoms with E-state index in [0.717, 1.165) is 13.0 Å². The first-order valence-corrected chi connectivity index (χ1v) is 7.77. The minimum atomic E-state index is -0.506. The Morgan fingerprint density at radius 3 is 2.37 bits per heavy atom. The fraction of sp³-hybridized carbons (Fsp3) is 0.933. The molecule has 1 fully saturated rings. The van der Waals surface area contributed by atoms with E-state index in [9.17, 15) is 4.79 Å². The van der Waals surface area contributed by atoms with Gasteiger partial charge in [-0.3, -0.25) is 0 Å². The van der Waals surface area contributed by atoms with Gasteiger partial charge in [0.25, 0.3) is 0 Å². The Morgan fingerprint density at radius 1 is 1.11 bits per heavy atom. The van der Waals surface area contributed by atoms with Gasteiger partial charge in [-0.25, -0.2) is 4.79 Å². The van der Waals surface area contributed by atoms with Crippen LogP contribution in [0.1, 0.15) is 58.3 Å². The van der Waals surface area contributed by atoms with Gasteiger partial charge >= 0.3 is 6.16 Å². The molecule has 0 spiro atoms. The molecule has 0 saturated carbocycles. The molecular weight excluding hydrogens is 242 g/mol. The van der Waals surface area contributed by atoms with Crippen molar-refractivity contribution in [3.05, 3.63) is 0 Å². The van der Waals surface area contributed by atoms with Crippen molar-refractivity contribution in [1.82, 2.24) is 0 Å². The molecule has 4 nitrogen and oxygen atoms in total. The highest BCUT2D eigenvalue weighted by Gasteiger charge is 2.28. The van der Waals surface area contributed by atoms with E-state index in [0.29, 0.717) is 25.0 Å². The molecular formula is C15H29NO3. The van der Waals surface area contributed by atoms with Crippen LogP contribution in [-0.2, 0) is 9.47 Å². The van der Waals surface area contributed by atoms with Gasteiger partial charge < -0.3 is 15.2 Å². The van der Waals surface area contributed by atoms with E-state index >= 15 is 0 Å². The fourth-order valence-electron chi connectivity index (χ4n) is 2.70. The van der Waals surface area contributed by atoms with E-state index < -0.39 is 6.16 Å². The molecule has 1 atom stereocenters. The maximum atomic E-state index is 10.9. The van der Waals surface area contributed by atoms with Crippen molar-refractivity contribution in [2.45, 2.75) is 58.3 Å². The van der Waals surface area contributed by atoms with Gasteiger partial charge in [0, 0.05) is 5.92 Å². The first-order valence-electron chi connectivity index (χ1n) is 7.77. The smallest absolute Gasteiger partial charge is 0.434 e. The van der Waals surface area contributed by atoms with Crippen molar-refractivity contribution in [2.75, 3.05) is 19.8 Å². The van der Waals surface area contributed by atoms with Crippen LogP contribution in [0.5, 0.6) is 0 Å². The summed E-state index contributed by atoms with van der Waals surface area (Å²) in [6.07, 6.45) is 9.26. The number of ether oxygens (including phenoxy) is 2. The number of carbonyl (C=O) groups is 1. The van der Waals surface area contributed by atoms with Gasteiger partial charge in [0.15, 0.2) is 0 Å². The quantitative estimate of drug-likeness (QED) is 0.488. The number of hydrogen-bond acceptors (Lipinski definition) is 4. The van der Waals surface area contributed by atoms with Crippen molar-refractivity contribution in [3.63, 3.8) is 0 Å². The van der Waals surface area contributed by atoms with Crippen LogP contribution in [0.4, 0.5) is 4.79 Å². The van der Waals surface area contributed by atoms with E-state index in [1.54, 1.807) is 0 Å². The third kappa shape index (κ3) is 6.81. The lowest BCUT2D eigenvalue weighted by Crippen LogP contribution is -2.32. The van der Waals surface area contributed by atoms with Gasteiger partial charge in [0.2, 0.25) is 0 Å². The summed E-state index contributed by atoms with van der Waals surface area (Å²) in [5.74, 6) is 1.02. The molecule has 0 amide bonds. The van der Waals surface area contributed by atoms with Gasteiger partial charge in [0.05, 0.1) is 0 Å². The molecule has 1 unspecified atom stereocenters. The van der Waals surface area contributed by atoms with E-state index in [1.807, 2.05) is 0 Å². The number of nitrogens with two attached hydrogens (primary N) is 1. The predicted molar refractivity (Wildman–Crippen MR) is 75.9 cm³/mol. The molecule has 0 aromatic rings. The van der Waals surface area contributed by atoms with E-state index in [4.69, 9.17) is 15.2 Å². The van der Waals surface area contributed by atoms with Crippen molar-refractivity contribution >= 4 is 6.16 Å². The van der Waals surface area contributed by atoms with Crippen LogP contribution in [-0.4, -0.2) is 25.9 Å². The molecule has 4 heteroatoms. The van der Waals surface area contributed by atoms with Crippen LogP contribution in [0.3, 0.4) is 0 Å². The second-order valence-corrected chi connectivity index (χ2v) is 5.53. The maximum Gasteiger partial charge on any atom is 0.508 e. The third-order valence-electron chi connectivity index (χ3n) is 3.95. The zero-order chi connectivity index (χ0) is 13.9. The average molecular weight is 271 g/mol. The first kappa shape index (κ1) is 16.3. The summed E-state index contributed by atoms with van der Waals surface area (Å²) in [4.78, 5) is 10.9. The Labute approximate surface area is 117 Å². The number of rotatable bonds is 10. The zero-order valence-corrected chi connectivity index (χ0v) is 12.2. The minimum absolute atomic E-state index is 0.388. The summed E-state index contributed by atoms with van der Waals surface area (Å²) in [6, 6.07) is 0. The van der Waals surface area contributed by atoms with E-state index in [1.165, 1.54) is 44.9 Å². The fourth-order valence-corrected chi connectivity index (χ4v) is 2.70. The number of hydrogen-bond donors (Lipinski definition) is 1. The molecule has 1 saturated heterocycles. The summed E-state index contributed by atoms with van der Waals surface area (Å²) in [5.41, 5.74) is 5.50. The second kappa shape index (κ2) is 10.1. The van der Waals surface area contributed by atoms with Gasteiger partial charge in [-0.15, -0.1) is 0 Å². The van der Waals surface area contributed by atoms with Crippen molar-refractivity contribution < 1.29 is 14.3 Å². The Balaban J connectivity index is 2.27. The molecule has 1 heterocycles. The van der Waals surface area contributed by atoms with Crippen LogP contribution in [0.25, 0.3) is 0 Å². The molecule has 112 valence electrons. The molecule has 1 aliphatic rings. The van der Waals surface area contributed by atoms with Crippen LogP contribution >= 0.6 is 0 Å². The number of carbonyl (C=O) groups excluding carboxylic acids is 1. The van der Waals surface area contributed by atoms with Gasteiger partial charge in [-0.1, -0.05) is 39.0 Å². The van der Waals surface area contributed by atoms with Crippen LogP contribution in [0.15, 0.2) is 0 Å². The van der Waals surface area contributed by atoms with Gasteiger partial charge in [-0.2, -0.15) is 0 Å². The number of unbranched alkanes of at least 4 members (excludes halogenated alkanes) is 4. The van der Waals surface area contributed by atoms with Crippen molar-refractivity contribution in [2.24, 2.45) is 17.6 Å². The predicted octanol–water partition coefficient (Wildman–Crippen LogP) is 3.49. The van der Waals surface area contributed by atoms with Crippen LogP contribution in [0.2, 0.25) is 0 Å². The molecule has 0 aromatic heterocycles. The summed E-state index contributed by atoms with van der Waals surface area (Å²) < 4.78 is 10.0. The van der Waals surface area contributed by atoms with Crippen LogP contribution < -0.4 is 5.73 Å². The Morgan fingerprint density at radius 2 is 1.74 bits per heavy atom. The second-order valence-electron chi connectivity index (χ2n) is 5.53. The lowest BCUT2D eigenvalue weighted by atomic mass is 9.84. The summed E-state index contributed by atoms with van der Waals surface area (Å²) in [5, 5.41) is 0. The standard InChI is InChI=1S/C15H29NO3/c1-2-3-8-13(9-6-4-5-7-10-16)14-11-18-15(17)19-12-14/h13-14H,2-12,16H2,1H3. The topological polar surface area (TPSA) is 61.5 Å². The Kier molecular flexibility index (Phi) is 8.63. The highest BCUT2D eigenvalue weighted by atomic mass is 16.7. The molecule has 0 aromatic carbocycles.